The van der Waals surface area contributed by atoms with Gasteiger partial charge in [0, 0.05) is 24.0 Å². The van der Waals surface area contributed by atoms with Crippen LogP contribution >= 0.6 is 0 Å². The van der Waals surface area contributed by atoms with Gasteiger partial charge in [0.2, 0.25) is 5.95 Å². The Kier molecular flexibility index (Phi) is 7.24. The molecule has 0 unspecified atom stereocenters. The van der Waals surface area contributed by atoms with Crippen LogP contribution < -0.4 is 26.2 Å². The summed E-state index contributed by atoms with van der Waals surface area (Å²) in [6.45, 7) is 7.45. The van der Waals surface area contributed by atoms with Crippen LogP contribution in [0.5, 0.6) is 5.75 Å². The molecule has 5 rings (SSSR count). The Hall–Kier alpha value is -4.39. The predicted octanol–water partition coefficient (Wildman–Crippen LogP) is 4.28. The molecule has 0 radical (unpaired) electrons. The van der Waals surface area contributed by atoms with Crippen molar-refractivity contribution in [2.24, 2.45) is 0 Å². The maximum atomic E-state index is 13.2. The molecule has 1 aliphatic rings. The minimum Gasteiger partial charge on any atom is -0.406 e. The molecule has 1 saturated heterocycles. The Morgan fingerprint density at radius 3 is 2.74 bits per heavy atom. The molecule has 1 aliphatic heterocycles. The zero-order valence-corrected chi connectivity index (χ0v) is 21.1. The van der Waals surface area contributed by atoms with Gasteiger partial charge in [0.15, 0.2) is 11.5 Å². The third kappa shape index (κ3) is 6.03. The number of aromatic nitrogens is 5. The summed E-state index contributed by atoms with van der Waals surface area (Å²) in [6.07, 6.45) is 0.0837. The van der Waals surface area contributed by atoms with Crippen molar-refractivity contribution in [2.75, 3.05) is 23.7 Å². The van der Waals surface area contributed by atoms with Crippen molar-refractivity contribution in [1.29, 1.82) is 0 Å². The van der Waals surface area contributed by atoms with Crippen molar-refractivity contribution < 1.29 is 17.9 Å². The highest BCUT2D eigenvalue weighted by molar-refractivity contribution is 5.77. The van der Waals surface area contributed by atoms with Gasteiger partial charge < -0.3 is 20.7 Å². The Balaban J connectivity index is 1.53. The van der Waals surface area contributed by atoms with E-state index in [1.54, 1.807) is 29.8 Å². The van der Waals surface area contributed by atoms with Crippen molar-refractivity contribution in [3.8, 4) is 11.6 Å². The summed E-state index contributed by atoms with van der Waals surface area (Å²) in [5, 5.41) is 9.96. The fourth-order valence-corrected chi connectivity index (χ4v) is 4.55. The van der Waals surface area contributed by atoms with Crippen LogP contribution in [0.25, 0.3) is 16.9 Å². The molecule has 4 heterocycles. The minimum absolute atomic E-state index is 0.0829. The molecule has 0 saturated carbocycles. The molecule has 3 N–H and O–H groups in total. The lowest BCUT2D eigenvalue weighted by molar-refractivity contribution is -0.274. The summed E-state index contributed by atoms with van der Waals surface area (Å²) in [5.74, 6) is 0.842. The number of aryl methyl sites for hydroxylation is 1. The number of alkyl halides is 3. The number of fused-ring (bicyclic) bond motifs is 1. The highest BCUT2D eigenvalue weighted by atomic mass is 19.4. The number of piperidine rings is 1. The average molecular weight is 541 g/mol. The Bertz CT molecular complexity index is 1560. The number of nitrogens with one attached hydrogen (secondary N) is 3. The van der Waals surface area contributed by atoms with E-state index in [2.05, 4.69) is 37.2 Å². The highest BCUT2D eigenvalue weighted by Crippen LogP contribution is 2.28. The topological polar surface area (TPSA) is 111 Å². The van der Waals surface area contributed by atoms with Gasteiger partial charge in [-0.1, -0.05) is 12.1 Å². The second kappa shape index (κ2) is 10.8. The summed E-state index contributed by atoms with van der Waals surface area (Å²) in [5.41, 5.74) is 0.785. The number of hydrogen-bond donors (Lipinski definition) is 3. The van der Waals surface area contributed by atoms with Crippen LogP contribution in [0.3, 0.4) is 0 Å². The van der Waals surface area contributed by atoms with Gasteiger partial charge in [-0.15, -0.1) is 19.8 Å². The number of pyridine rings is 1. The lowest BCUT2D eigenvalue weighted by atomic mass is 10.1. The van der Waals surface area contributed by atoms with Crippen LogP contribution in [0.15, 0.2) is 60.0 Å². The highest BCUT2D eigenvalue weighted by Gasteiger charge is 2.31. The van der Waals surface area contributed by atoms with Crippen molar-refractivity contribution in [2.45, 2.75) is 38.7 Å². The van der Waals surface area contributed by atoms with Gasteiger partial charge in [-0.2, -0.15) is 4.98 Å². The van der Waals surface area contributed by atoms with E-state index in [9.17, 15) is 18.0 Å². The molecule has 3 aromatic heterocycles. The maximum absolute atomic E-state index is 13.2. The molecule has 0 bridgehead atoms. The van der Waals surface area contributed by atoms with Gasteiger partial charge in [-0.25, -0.2) is 19.3 Å². The van der Waals surface area contributed by atoms with E-state index in [0.29, 0.717) is 22.9 Å². The number of nitrogens with zero attached hydrogens (tertiary/aromatic N) is 5. The molecular weight excluding hydrogens is 513 g/mol. The molecule has 0 aliphatic carbocycles. The van der Waals surface area contributed by atoms with Crippen LogP contribution in [-0.2, 0) is 6.54 Å². The van der Waals surface area contributed by atoms with Crippen LogP contribution in [0.1, 0.15) is 18.4 Å². The summed E-state index contributed by atoms with van der Waals surface area (Å²) in [4.78, 5) is 26.7. The Labute approximate surface area is 221 Å². The first-order valence-electron chi connectivity index (χ1n) is 12.4. The van der Waals surface area contributed by atoms with E-state index in [1.165, 1.54) is 23.0 Å². The SMILES string of the molecule is C=CCn1c(=O)c2cnc(Nc3cc(C)cc(OC(F)(F)F)c3)nc2n1-c1cccc(NC2CCNCC2)n1. The molecule has 39 heavy (non-hydrogen) atoms. The molecule has 10 nitrogen and oxygen atoms in total. The first-order valence-corrected chi connectivity index (χ1v) is 12.4. The number of ether oxygens (including phenoxy) is 1. The van der Waals surface area contributed by atoms with Gasteiger partial charge in [0.1, 0.15) is 17.0 Å². The Morgan fingerprint density at radius 2 is 2.00 bits per heavy atom. The smallest absolute Gasteiger partial charge is 0.406 e. The number of anilines is 3. The fraction of sp³-hybridized carbons (Fsp3) is 0.308. The van der Waals surface area contributed by atoms with E-state index < -0.39 is 6.36 Å². The third-order valence-corrected chi connectivity index (χ3v) is 6.16. The largest absolute Gasteiger partial charge is 0.573 e. The second-order valence-electron chi connectivity index (χ2n) is 9.18. The average Bonchev–Trinajstić information content (AvgIpc) is 3.14. The van der Waals surface area contributed by atoms with Crippen molar-refractivity contribution in [1.82, 2.24) is 29.6 Å². The Morgan fingerprint density at radius 1 is 1.21 bits per heavy atom. The predicted molar refractivity (Wildman–Crippen MR) is 142 cm³/mol. The van der Waals surface area contributed by atoms with Gasteiger partial charge in [0.25, 0.3) is 5.56 Å². The lowest BCUT2D eigenvalue weighted by Gasteiger charge is -2.24. The summed E-state index contributed by atoms with van der Waals surface area (Å²) in [6, 6.07) is 9.86. The number of halogens is 3. The summed E-state index contributed by atoms with van der Waals surface area (Å²) >= 11 is 0. The standard InChI is InChI=1S/C26H27F3N8O2/c1-3-11-36-24(38)20-15-31-25(33-18-12-16(2)13-19(14-18)39-26(27,28)29)35-23(20)37(36)22-6-4-5-21(34-22)32-17-7-9-30-10-8-17/h3-6,12-15,17,30H,1,7-11H2,2H3,(H,32,34)(H,31,33,35). The van der Waals surface area contributed by atoms with Crippen molar-refractivity contribution >= 4 is 28.5 Å². The molecule has 204 valence electrons. The molecule has 0 atom stereocenters. The van der Waals surface area contributed by atoms with Crippen molar-refractivity contribution in [3.05, 3.63) is 71.2 Å². The maximum Gasteiger partial charge on any atom is 0.573 e. The zero-order valence-electron chi connectivity index (χ0n) is 21.1. The lowest BCUT2D eigenvalue weighted by Crippen LogP contribution is -2.35. The van der Waals surface area contributed by atoms with Gasteiger partial charge in [-0.3, -0.25) is 4.79 Å². The fourth-order valence-electron chi connectivity index (χ4n) is 4.55. The summed E-state index contributed by atoms with van der Waals surface area (Å²) in [7, 11) is 0. The molecule has 1 fully saturated rings. The zero-order chi connectivity index (χ0) is 27.6. The molecule has 0 spiro atoms. The first kappa shape index (κ1) is 26.2. The first-order chi connectivity index (χ1) is 18.7. The monoisotopic (exact) mass is 540 g/mol. The van der Waals surface area contributed by atoms with Crippen LogP contribution in [0.4, 0.5) is 30.6 Å². The third-order valence-electron chi connectivity index (χ3n) is 6.16. The molecule has 0 amide bonds. The van der Waals surface area contributed by atoms with E-state index in [4.69, 9.17) is 4.98 Å². The van der Waals surface area contributed by atoms with E-state index in [-0.39, 0.29) is 40.9 Å². The van der Waals surface area contributed by atoms with Crippen molar-refractivity contribution in [3.63, 3.8) is 0 Å². The van der Waals surface area contributed by atoms with Gasteiger partial charge >= 0.3 is 6.36 Å². The number of hydrogen-bond acceptors (Lipinski definition) is 8. The second-order valence-corrected chi connectivity index (χ2v) is 9.18. The summed E-state index contributed by atoms with van der Waals surface area (Å²) < 4.78 is 45.4. The van der Waals surface area contributed by atoms with Crippen LogP contribution in [0.2, 0.25) is 0 Å². The van der Waals surface area contributed by atoms with Crippen LogP contribution in [0, 0.1) is 6.92 Å². The van der Waals surface area contributed by atoms with Gasteiger partial charge in [0.05, 0.1) is 6.54 Å². The molecule has 13 heteroatoms. The number of rotatable bonds is 8. The molecule has 4 aromatic rings. The number of allylic oxidation sites excluding steroid dienone is 1. The minimum atomic E-state index is -4.82. The van der Waals surface area contributed by atoms with E-state index in [1.807, 2.05) is 12.1 Å². The molecular formula is C26H27F3N8O2. The van der Waals surface area contributed by atoms with Gasteiger partial charge in [-0.05, 0) is 62.7 Å². The van der Waals surface area contributed by atoms with Crippen LogP contribution in [-0.4, -0.2) is 49.8 Å². The quantitative estimate of drug-likeness (QED) is 0.284. The van der Waals surface area contributed by atoms with E-state index in [0.717, 1.165) is 25.9 Å². The van der Waals surface area contributed by atoms with E-state index >= 15 is 0 Å². The molecule has 1 aromatic carbocycles. The number of benzene rings is 1. The normalized spacial score (nSPS) is 14.4.